The topological polar surface area (TPSA) is 59.1 Å². The number of nitrogens with two attached hydrogens (primary N) is 1. The molecule has 1 unspecified atom stereocenters. The van der Waals surface area contributed by atoms with Crippen LogP contribution in [0.15, 0.2) is 29.2 Å². The first-order valence-corrected chi connectivity index (χ1v) is 5.73. The number of hydrogen-bond donors (Lipinski definition) is 2. The van der Waals surface area contributed by atoms with Crippen molar-refractivity contribution in [2.45, 2.75) is 11.8 Å². The van der Waals surface area contributed by atoms with Gasteiger partial charge in [0.2, 0.25) is 0 Å². The van der Waals surface area contributed by atoms with Gasteiger partial charge in [-0.15, -0.1) is 11.8 Å². The summed E-state index contributed by atoms with van der Waals surface area (Å²) in [6.45, 7) is 1.96. The predicted molar refractivity (Wildman–Crippen MR) is 64.8 cm³/mol. The van der Waals surface area contributed by atoms with Crippen LogP contribution in [0.25, 0.3) is 0 Å². The van der Waals surface area contributed by atoms with E-state index < -0.39 is 0 Å². The first kappa shape index (κ1) is 11.9. The van der Waals surface area contributed by atoms with Crippen LogP contribution in [0.4, 0.5) is 0 Å². The summed E-state index contributed by atoms with van der Waals surface area (Å²) in [5, 5.41) is 7.27. The van der Waals surface area contributed by atoms with Crippen molar-refractivity contribution in [1.82, 2.24) is 0 Å². The van der Waals surface area contributed by atoms with Crippen molar-refractivity contribution in [2.75, 3.05) is 12.9 Å². The molecule has 1 atom stereocenters. The molecule has 0 aliphatic heterocycles. The second-order valence-corrected chi connectivity index (χ2v) is 4.44. The van der Waals surface area contributed by atoms with Crippen LogP contribution in [0.5, 0.6) is 5.75 Å². The fraction of sp³-hybridized carbons (Fsp3) is 0.364. The number of benzene rings is 1. The van der Waals surface area contributed by atoms with Crippen molar-refractivity contribution in [3.05, 3.63) is 24.3 Å². The largest absolute Gasteiger partial charge is 0.497 e. The lowest BCUT2D eigenvalue weighted by Gasteiger charge is -2.08. The highest BCUT2D eigenvalue weighted by molar-refractivity contribution is 7.99. The van der Waals surface area contributed by atoms with Gasteiger partial charge in [-0.05, 0) is 24.3 Å². The number of methoxy groups -OCH3 is 1. The molecular weight excluding hydrogens is 208 g/mol. The minimum absolute atomic E-state index is 0.122. The third-order valence-electron chi connectivity index (χ3n) is 2.09. The van der Waals surface area contributed by atoms with Crippen LogP contribution < -0.4 is 10.5 Å². The van der Waals surface area contributed by atoms with Gasteiger partial charge in [0.05, 0.1) is 12.9 Å². The highest BCUT2D eigenvalue weighted by atomic mass is 32.2. The number of amidine groups is 1. The molecule has 0 amide bonds. The summed E-state index contributed by atoms with van der Waals surface area (Å²) in [5.74, 6) is 2.06. The number of rotatable bonds is 5. The van der Waals surface area contributed by atoms with Gasteiger partial charge in [0.25, 0.3) is 0 Å². The van der Waals surface area contributed by atoms with E-state index in [9.17, 15) is 0 Å². The molecular formula is C11H16N2OS. The lowest BCUT2D eigenvalue weighted by Crippen LogP contribution is -2.21. The Morgan fingerprint density at radius 1 is 1.47 bits per heavy atom. The van der Waals surface area contributed by atoms with Gasteiger partial charge in [-0.3, -0.25) is 5.41 Å². The van der Waals surface area contributed by atoms with Crippen LogP contribution in [-0.4, -0.2) is 18.7 Å². The molecule has 3 N–H and O–H groups in total. The maximum absolute atomic E-state index is 7.27. The summed E-state index contributed by atoms with van der Waals surface area (Å²) < 4.78 is 5.07. The first-order chi connectivity index (χ1) is 7.13. The van der Waals surface area contributed by atoms with Gasteiger partial charge in [0.1, 0.15) is 5.75 Å². The van der Waals surface area contributed by atoms with Crippen LogP contribution in [0, 0.1) is 11.3 Å². The molecule has 0 aromatic heterocycles. The molecule has 0 bridgehead atoms. The van der Waals surface area contributed by atoms with E-state index in [1.165, 1.54) is 4.90 Å². The minimum atomic E-state index is 0.122. The predicted octanol–water partition coefficient (Wildman–Crippen LogP) is 2.36. The average molecular weight is 224 g/mol. The number of thioether (sulfide) groups is 1. The Morgan fingerprint density at radius 3 is 2.53 bits per heavy atom. The van der Waals surface area contributed by atoms with Crippen LogP contribution >= 0.6 is 11.8 Å². The van der Waals surface area contributed by atoms with E-state index >= 15 is 0 Å². The van der Waals surface area contributed by atoms with Crippen molar-refractivity contribution in [2.24, 2.45) is 11.7 Å². The second-order valence-electron chi connectivity index (χ2n) is 3.34. The van der Waals surface area contributed by atoms with Crippen LogP contribution in [-0.2, 0) is 0 Å². The molecule has 1 aromatic rings. The Hall–Kier alpha value is -1.16. The number of hydrogen-bond acceptors (Lipinski definition) is 3. The molecule has 0 aliphatic carbocycles. The molecule has 0 heterocycles. The molecule has 0 fully saturated rings. The molecule has 3 nitrogen and oxygen atoms in total. The fourth-order valence-electron chi connectivity index (χ4n) is 0.983. The summed E-state index contributed by atoms with van der Waals surface area (Å²) >= 11 is 1.70. The Morgan fingerprint density at radius 2 is 2.07 bits per heavy atom. The smallest absolute Gasteiger partial charge is 0.118 e. The monoisotopic (exact) mass is 224 g/mol. The summed E-state index contributed by atoms with van der Waals surface area (Å²) in [6.07, 6.45) is 0. The average Bonchev–Trinajstić information content (AvgIpc) is 2.26. The van der Waals surface area contributed by atoms with Gasteiger partial charge in [-0.1, -0.05) is 6.92 Å². The maximum Gasteiger partial charge on any atom is 0.118 e. The molecule has 15 heavy (non-hydrogen) atoms. The van der Waals surface area contributed by atoms with E-state index in [1.54, 1.807) is 18.9 Å². The summed E-state index contributed by atoms with van der Waals surface area (Å²) in [4.78, 5) is 1.17. The molecule has 82 valence electrons. The van der Waals surface area contributed by atoms with Crippen molar-refractivity contribution in [1.29, 1.82) is 5.41 Å². The van der Waals surface area contributed by atoms with E-state index in [0.717, 1.165) is 11.5 Å². The van der Waals surface area contributed by atoms with Crippen molar-refractivity contribution in [3.8, 4) is 5.75 Å². The van der Waals surface area contributed by atoms with Crippen molar-refractivity contribution in [3.63, 3.8) is 0 Å². The maximum atomic E-state index is 7.27. The Balaban J connectivity index is 2.47. The Labute approximate surface area is 94.5 Å². The molecule has 0 spiro atoms. The fourth-order valence-corrected chi connectivity index (χ4v) is 1.93. The molecule has 4 heteroatoms. The third kappa shape index (κ3) is 3.83. The van der Waals surface area contributed by atoms with Gasteiger partial charge in [-0.2, -0.15) is 0 Å². The van der Waals surface area contributed by atoms with Crippen molar-refractivity contribution >= 4 is 17.6 Å². The van der Waals surface area contributed by atoms with Crippen LogP contribution in [0.2, 0.25) is 0 Å². The van der Waals surface area contributed by atoms with E-state index in [2.05, 4.69) is 0 Å². The first-order valence-electron chi connectivity index (χ1n) is 4.74. The summed E-state index contributed by atoms with van der Waals surface area (Å²) in [6, 6.07) is 7.88. The Kier molecular flexibility index (Phi) is 4.49. The molecule has 0 radical (unpaired) electrons. The zero-order valence-electron chi connectivity index (χ0n) is 8.99. The second kappa shape index (κ2) is 5.66. The summed E-state index contributed by atoms with van der Waals surface area (Å²) in [5.41, 5.74) is 5.40. The SMILES string of the molecule is COc1ccc(SCC(C)C(=N)N)cc1. The highest BCUT2D eigenvalue weighted by Gasteiger charge is 2.05. The molecule has 1 aromatic carbocycles. The molecule has 1 rings (SSSR count). The van der Waals surface area contributed by atoms with E-state index in [0.29, 0.717) is 0 Å². The van der Waals surface area contributed by atoms with Gasteiger partial charge >= 0.3 is 0 Å². The van der Waals surface area contributed by atoms with Gasteiger partial charge in [0, 0.05) is 16.6 Å². The standard InChI is InChI=1S/C11H16N2OS/c1-8(11(12)13)7-15-10-5-3-9(14-2)4-6-10/h3-6,8H,7H2,1-2H3,(H3,12,13). The van der Waals surface area contributed by atoms with Gasteiger partial charge in [0.15, 0.2) is 0 Å². The molecule has 0 aliphatic rings. The summed E-state index contributed by atoms with van der Waals surface area (Å²) in [7, 11) is 1.65. The van der Waals surface area contributed by atoms with E-state index in [4.69, 9.17) is 15.9 Å². The van der Waals surface area contributed by atoms with Crippen LogP contribution in [0.1, 0.15) is 6.92 Å². The normalized spacial score (nSPS) is 12.1. The zero-order valence-corrected chi connectivity index (χ0v) is 9.80. The van der Waals surface area contributed by atoms with Crippen LogP contribution in [0.3, 0.4) is 0 Å². The lowest BCUT2D eigenvalue weighted by molar-refractivity contribution is 0.414. The van der Waals surface area contributed by atoms with E-state index in [-0.39, 0.29) is 11.8 Å². The Bertz CT molecular complexity index is 324. The highest BCUT2D eigenvalue weighted by Crippen LogP contribution is 2.23. The lowest BCUT2D eigenvalue weighted by atomic mass is 10.2. The molecule has 0 saturated heterocycles. The van der Waals surface area contributed by atoms with Gasteiger partial charge in [-0.25, -0.2) is 0 Å². The van der Waals surface area contributed by atoms with Crippen molar-refractivity contribution < 1.29 is 4.74 Å². The number of ether oxygens (including phenoxy) is 1. The zero-order chi connectivity index (χ0) is 11.3. The molecule has 0 saturated carbocycles. The number of nitrogens with one attached hydrogen (secondary N) is 1. The third-order valence-corrected chi connectivity index (χ3v) is 3.36. The van der Waals surface area contributed by atoms with Gasteiger partial charge < -0.3 is 10.5 Å². The minimum Gasteiger partial charge on any atom is -0.497 e. The quantitative estimate of drug-likeness (QED) is 0.458. The van der Waals surface area contributed by atoms with E-state index in [1.807, 2.05) is 31.2 Å².